The Bertz CT molecular complexity index is 719. The average molecular weight is 286 g/mol. The minimum atomic E-state index is -0.198. The van der Waals surface area contributed by atoms with Crippen molar-refractivity contribution in [2.24, 2.45) is 0 Å². The number of aromatic nitrogens is 3. The highest BCUT2D eigenvalue weighted by Crippen LogP contribution is 2.17. The molecular formula is C13H10N4O2S. The zero-order chi connectivity index (χ0) is 13.9. The number of amides is 1. The maximum Gasteiger partial charge on any atom is 0.257 e. The monoisotopic (exact) mass is 286 g/mol. The molecule has 6 nitrogen and oxygen atoms in total. The van der Waals surface area contributed by atoms with Crippen molar-refractivity contribution < 1.29 is 9.32 Å². The predicted molar refractivity (Wildman–Crippen MR) is 74.5 cm³/mol. The second-order valence-corrected chi connectivity index (χ2v) is 4.90. The van der Waals surface area contributed by atoms with Gasteiger partial charge in [0.2, 0.25) is 11.7 Å². The molecule has 0 unspecified atom stereocenters. The van der Waals surface area contributed by atoms with Crippen LogP contribution >= 0.6 is 11.3 Å². The van der Waals surface area contributed by atoms with Crippen molar-refractivity contribution in [3.63, 3.8) is 0 Å². The fourth-order valence-electron chi connectivity index (χ4n) is 1.64. The zero-order valence-corrected chi connectivity index (χ0v) is 11.3. The van der Waals surface area contributed by atoms with Crippen LogP contribution in [0.3, 0.4) is 0 Å². The van der Waals surface area contributed by atoms with E-state index < -0.39 is 0 Å². The summed E-state index contributed by atoms with van der Waals surface area (Å²) in [6.45, 7) is 1.73. The molecule has 3 rings (SSSR count). The number of thiazole rings is 1. The van der Waals surface area contributed by atoms with E-state index in [1.54, 1.807) is 42.8 Å². The van der Waals surface area contributed by atoms with Crippen molar-refractivity contribution >= 4 is 22.4 Å². The molecule has 0 radical (unpaired) electrons. The van der Waals surface area contributed by atoms with Gasteiger partial charge in [-0.2, -0.15) is 4.98 Å². The zero-order valence-electron chi connectivity index (χ0n) is 10.5. The molecule has 0 aliphatic rings. The largest absolute Gasteiger partial charge is 0.339 e. The summed E-state index contributed by atoms with van der Waals surface area (Å²) in [4.78, 5) is 20.1. The minimum Gasteiger partial charge on any atom is -0.339 e. The Morgan fingerprint density at radius 2 is 2.10 bits per heavy atom. The lowest BCUT2D eigenvalue weighted by molar-refractivity contribution is 0.102. The van der Waals surface area contributed by atoms with E-state index in [0.29, 0.717) is 22.4 Å². The Hall–Kier alpha value is -2.54. The van der Waals surface area contributed by atoms with Crippen LogP contribution in [0.1, 0.15) is 16.2 Å². The quantitative estimate of drug-likeness (QED) is 0.800. The highest BCUT2D eigenvalue weighted by molar-refractivity contribution is 7.13. The molecule has 2 heterocycles. The Balaban J connectivity index is 1.77. The molecule has 0 spiro atoms. The van der Waals surface area contributed by atoms with Crippen LogP contribution in [0.15, 0.2) is 40.4 Å². The van der Waals surface area contributed by atoms with E-state index in [2.05, 4.69) is 20.4 Å². The second kappa shape index (κ2) is 5.22. The molecule has 0 saturated heterocycles. The van der Waals surface area contributed by atoms with Crippen molar-refractivity contribution in [1.82, 2.24) is 15.1 Å². The summed E-state index contributed by atoms with van der Waals surface area (Å²) in [6, 6.07) is 6.98. The van der Waals surface area contributed by atoms with Gasteiger partial charge in [0.25, 0.3) is 5.91 Å². The number of benzene rings is 1. The maximum atomic E-state index is 12.0. The second-order valence-electron chi connectivity index (χ2n) is 4.01. The van der Waals surface area contributed by atoms with Crippen LogP contribution in [-0.4, -0.2) is 21.0 Å². The Morgan fingerprint density at radius 1 is 1.30 bits per heavy atom. The van der Waals surface area contributed by atoms with Crippen molar-refractivity contribution in [2.45, 2.75) is 6.92 Å². The smallest absolute Gasteiger partial charge is 0.257 e. The average Bonchev–Trinajstić information content (AvgIpc) is 3.10. The lowest BCUT2D eigenvalue weighted by Gasteiger charge is -2.02. The van der Waals surface area contributed by atoms with Crippen LogP contribution in [0.25, 0.3) is 11.4 Å². The normalized spacial score (nSPS) is 10.4. The van der Waals surface area contributed by atoms with Crippen LogP contribution in [0.4, 0.5) is 5.13 Å². The Morgan fingerprint density at radius 3 is 2.70 bits per heavy atom. The van der Waals surface area contributed by atoms with Crippen molar-refractivity contribution in [1.29, 1.82) is 0 Å². The van der Waals surface area contributed by atoms with Crippen LogP contribution in [0, 0.1) is 6.92 Å². The molecule has 0 saturated carbocycles. The van der Waals surface area contributed by atoms with Crippen LogP contribution < -0.4 is 5.32 Å². The van der Waals surface area contributed by atoms with Gasteiger partial charge < -0.3 is 4.52 Å². The molecule has 1 N–H and O–H groups in total. The van der Waals surface area contributed by atoms with E-state index >= 15 is 0 Å². The van der Waals surface area contributed by atoms with Gasteiger partial charge >= 0.3 is 0 Å². The molecule has 1 amide bonds. The van der Waals surface area contributed by atoms with Crippen LogP contribution in [-0.2, 0) is 0 Å². The third-order valence-corrected chi connectivity index (χ3v) is 3.27. The molecule has 1 aromatic carbocycles. The molecule has 20 heavy (non-hydrogen) atoms. The highest BCUT2D eigenvalue weighted by atomic mass is 32.1. The number of hydrogen-bond acceptors (Lipinski definition) is 6. The summed E-state index contributed by atoms with van der Waals surface area (Å²) in [6.07, 6.45) is 1.64. The first-order valence-electron chi connectivity index (χ1n) is 5.84. The number of anilines is 1. The van der Waals surface area contributed by atoms with Crippen molar-refractivity contribution in [2.75, 3.05) is 5.32 Å². The molecule has 3 aromatic rings. The predicted octanol–water partition coefficient (Wildman–Crippen LogP) is 2.75. The van der Waals surface area contributed by atoms with Crippen LogP contribution in [0.2, 0.25) is 0 Å². The lowest BCUT2D eigenvalue weighted by Crippen LogP contribution is -2.11. The summed E-state index contributed by atoms with van der Waals surface area (Å²) >= 11 is 1.37. The van der Waals surface area contributed by atoms with Crippen molar-refractivity contribution in [3.05, 3.63) is 47.3 Å². The molecule has 100 valence electrons. The van der Waals surface area contributed by atoms with E-state index in [1.807, 2.05) is 0 Å². The third kappa shape index (κ3) is 2.57. The fraction of sp³-hybridized carbons (Fsp3) is 0.0769. The first-order chi connectivity index (χ1) is 9.72. The number of nitrogens with zero attached hydrogens (tertiary/aromatic N) is 3. The summed E-state index contributed by atoms with van der Waals surface area (Å²) in [5.74, 6) is 0.816. The number of nitrogens with one attached hydrogen (secondary N) is 1. The molecular weight excluding hydrogens is 276 g/mol. The van der Waals surface area contributed by atoms with Gasteiger partial charge in [0.15, 0.2) is 5.13 Å². The molecule has 0 bridgehead atoms. The summed E-state index contributed by atoms with van der Waals surface area (Å²) < 4.78 is 4.92. The molecule has 0 fully saturated rings. The number of rotatable bonds is 3. The summed E-state index contributed by atoms with van der Waals surface area (Å²) in [7, 11) is 0. The minimum absolute atomic E-state index is 0.198. The number of aryl methyl sites for hydroxylation is 1. The van der Waals surface area contributed by atoms with Crippen molar-refractivity contribution in [3.8, 4) is 11.4 Å². The Labute approximate surface area is 118 Å². The van der Waals surface area contributed by atoms with E-state index in [-0.39, 0.29) is 5.91 Å². The standard InChI is InChI=1S/C13H10N4O2S/c1-8-15-11(17-19-8)9-2-4-10(5-3-9)12(18)16-13-14-6-7-20-13/h2-7H,1H3,(H,14,16,18). The van der Waals surface area contributed by atoms with Gasteiger partial charge in [0.1, 0.15) is 0 Å². The molecule has 2 aromatic heterocycles. The first-order valence-corrected chi connectivity index (χ1v) is 6.72. The summed E-state index contributed by atoms with van der Waals surface area (Å²) in [5, 5.41) is 8.93. The molecule has 7 heteroatoms. The van der Waals surface area contributed by atoms with Gasteiger partial charge in [0, 0.05) is 29.6 Å². The van der Waals surface area contributed by atoms with Crippen LogP contribution in [0.5, 0.6) is 0 Å². The highest BCUT2D eigenvalue weighted by Gasteiger charge is 2.09. The summed E-state index contributed by atoms with van der Waals surface area (Å²) in [5.41, 5.74) is 1.34. The van der Waals surface area contributed by atoms with E-state index in [9.17, 15) is 4.79 Å². The molecule has 0 atom stereocenters. The fourth-order valence-corrected chi connectivity index (χ4v) is 2.17. The number of carbonyl (C=O) groups excluding carboxylic acids is 1. The van der Waals surface area contributed by atoms with Gasteiger partial charge in [-0.05, 0) is 12.1 Å². The number of carbonyl (C=O) groups is 1. The van der Waals surface area contributed by atoms with E-state index in [4.69, 9.17) is 4.52 Å². The topological polar surface area (TPSA) is 80.9 Å². The number of hydrogen-bond donors (Lipinski definition) is 1. The van der Waals surface area contributed by atoms with Gasteiger partial charge in [-0.25, -0.2) is 4.98 Å². The third-order valence-electron chi connectivity index (χ3n) is 2.59. The SMILES string of the molecule is Cc1nc(-c2ccc(C(=O)Nc3nccs3)cc2)no1. The Kier molecular flexibility index (Phi) is 3.26. The first kappa shape index (κ1) is 12.5. The van der Waals surface area contributed by atoms with Gasteiger partial charge in [-0.3, -0.25) is 10.1 Å². The van der Waals surface area contributed by atoms with Gasteiger partial charge in [0.05, 0.1) is 0 Å². The maximum absolute atomic E-state index is 12.0. The van der Waals surface area contributed by atoms with E-state index in [0.717, 1.165) is 5.56 Å². The lowest BCUT2D eigenvalue weighted by atomic mass is 10.1. The van der Waals surface area contributed by atoms with E-state index in [1.165, 1.54) is 11.3 Å². The van der Waals surface area contributed by atoms with Gasteiger partial charge in [-0.1, -0.05) is 17.3 Å². The molecule has 0 aliphatic carbocycles. The molecule has 0 aliphatic heterocycles. The van der Waals surface area contributed by atoms with Gasteiger partial charge in [-0.15, -0.1) is 11.3 Å².